The van der Waals surface area contributed by atoms with Crippen LogP contribution in [-0.2, 0) is 29.2 Å². The molecule has 0 saturated heterocycles. The summed E-state index contributed by atoms with van der Waals surface area (Å²) in [4.78, 5) is 20.0. The quantitative estimate of drug-likeness (QED) is 0.0788. The third-order valence-corrected chi connectivity index (χ3v) is 10.6. The SMILES string of the molecule is O=C(NCCc1ccc(OCc2ccccc2)c(OCc2ccccc2)c1)[C@]1(C/C=C/c2ccccc2)N=C(c2ccc(OCCCO)cc2)O[C@@H]1c1ccc(Cl)cc1Cl. The summed E-state index contributed by atoms with van der Waals surface area (Å²) in [7, 11) is 0. The van der Waals surface area contributed by atoms with Crippen LogP contribution in [0, 0.1) is 0 Å². The lowest BCUT2D eigenvalue weighted by atomic mass is 9.84. The summed E-state index contributed by atoms with van der Waals surface area (Å²) in [6, 6.07) is 48.2. The Kier molecular flexibility index (Phi) is 14.6. The van der Waals surface area contributed by atoms with Crippen molar-refractivity contribution in [3.63, 3.8) is 0 Å². The van der Waals surface area contributed by atoms with E-state index in [9.17, 15) is 4.79 Å². The van der Waals surface area contributed by atoms with Crippen LogP contribution >= 0.6 is 23.2 Å². The highest BCUT2D eigenvalue weighted by Crippen LogP contribution is 2.45. The van der Waals surface area contributed by atoms with Crippen molar-refractivity contribution in [1.29, 1.82) is 0 Å². The topological polar surface area (TPSA) is 98.6 Å². The molecule has 1 amide bonds. The number of halogens is 2. The number of ether oxygens (including phenoxy) is 4. The molecule has 0 unspecified atom stereocenters. The first-order valence-electron chi connectivity index (χ1n) is 19.9. The fourth-order valence-electron chi connectivity index (χ4n) is 6.83. The standard InChI is InChI=1S/C50H46Cl2N2O6/c51-41-22-25-43(44(52)33-41)47-50(28-10-18-36-12-4-1-5-13-36,54-48(60-47)40-20-23-42(24-21-40)57-31-11-30-55)49(56)53-29-27-37-19-26-45(58-34-38-14-6-2-7-15-38)46(32-37)59-35-39-16-8-3-9-17-39/h1-10,12-26,32-33,47,55H,11,27-31,34-35H2,(H,53,56)/b18-10+/t47-,50-/m1/s1. The maximum absolute atomic E-state index is 14.9. The molecule has 2 N–H and O–H groups in total. The number of carbonyl (C=O) groups excluding carboxylic acids is 1. The lowest BCUT2D eigenvalue weighted by Gasteiger charge is -2.30. The molecule has 1 heterocycles. The van der Waals surface area contributed by atoms with Gasteiger partial charge in [-0.1, -0.05) is 138 Å². The molecule has 6 aromatic rings. The molecule has 2 atom stereocenters. The largest absolute Gasteiger partial charge is 0.494 e. The van der Waals surface area contributed by atoms with E-state index in [-0.39, 0.29) is 18.9 Å². The van der Waals surface area contributed by atoms with Crippen LogP contribution in [0.3, 0.4) is 0 Å². The number of hydrogen-bond donors (Lipinski definition) is 2. The molecule has 0 spiro atoms. The first-order chi connectivity index (χ1) is 29.4. The maximum Gasteiger partial charge on any atom is 0.252 e. The highest BCUT2D eigenvalue weighted by Gasteiger charge is 2.53. The molecular weight excluding hydrogens is 795 g/mol. The molecule has 0 aromatic heterocycles. The lowest BCUT2D eigenvalue weighted by molar-refractivity contribution is -0.128. The first kappa shape index (κ1) is 42.1. The number of rotatable bonds is 19. The van der Waals surface area contributed by atoms with Gasteiger partial charge in [-0.2, -0.15) is 0 Å². The van der Waals surface area contributed by atoms with Gasteiger partial charge >= 0.3 is 0 Å². The van der Waals surface area contributed by atoms with E-state index in [0.29, 0.717) is 83.5 Å². The zero-order valence-electron chi connectivity index (χ0n) is 33.0. The Balaban J connectivity index is 1.16. The van der Waals surface area contributed by atoms with Crippen molar-refractivity contribution in [1.82, 2.24) is 5.32 Å². The third kappa shape index (κ3) is 11.0. The number of amides is 1. The Morgan fingerprint density at radius 2 is 1.42 bits per heavy atom. The number of aliphatic hydroxyl groups excluding tert-OH is 1. The van der Waals surface area contributed by atoms with Crippen molar-refractivity contribution in [2.24, 2.45) is 4.99 Å². The molecule has 0 radical (unpaired) electrons. The number of nitrogens with one attached hydrogen (secondary N) is 1. The van der Waals surface area contributed by atoms with Crippen LogP contribution in [0.1, 0.15) is 52.3 Å². The van der Waals surface area contributed by atoms with Gasteiger partial charge in [0.05, 0.1) is 6.61 Å². The summed E-state index contributed by atoms with van der Waals surface area (Å²) in [5.41, 5.74) is 3.81. The maximum atomic E-state index is 14.9. The van der Waals surface area contributed by atoms with Gasteiger partial charge in [0.2, 0.25) is 5.90 Å². The van der Waals surface area contributed by atoms with E-state index < -0.39 is 11.6 Å². The van der Waals surface area contributed by atoms with Crippen LogP contribution in [0.2, 0.25) is 10.0 Å². The van der Waals surface area contributed by atoms with Crippen LogP contribution in [0.5, 0.6) is 17.2 Å². The molecule has 0 fully saturated rings. The predicted molar refractivity (Wildman–Crippen MR) is 238 cm³/mol. The molecule has 1 aliphatic rings. The number of nitrogens with zero attached hydrogens (tertiary/aromatic N) is 1. The van der Waals surface area contributed by atoms with E-state index in [1.54, 1.807) is 18.2 Å². The highest BCUT2D eigenvalue weighted by molar-refractivity contribution is 6.35. The van der Waals surface area contributed by atoms with E-state index in [1.807, 2.05) is 146 Å². The Morgan fingerprint density at radius 1 is 0.750 bits per heavy atom. The van der Waals surface area contributed by atoms with Gasteiger partial charge in [-0.05, 0) is 77.2 Å². The van der Waals surface area contributed by atoms with Crippen LogP contribution in [0.25, 0.3) is 6.08 Å². The smallest absolute Gasteiger partial charge is 0.252 e. The minimum atomic E-state index is -1.45. The van der Waals surface area contributed by atoms with Crippen molar-refractivity contribution in [3.8, 4) is 17.2 Å². The first-order valence-corrected chi connectivity index (χ1v) is 20.7. The number of aliphatic imine (C=N–C) groups is 1. The van der Waals surface area contributed by atoms with Crippen LogP contribution in [-0.4, -0.2) is 42.2 Å². The van der Waals surface area contributed by atoms with E-state index in [2.05, 4.69) is 5.32 Å². The van der Waals surface area contributed by atoms with Crippen molar-refractivity contribution in [2.45, 2.75) is 44.1 Å². The van der Waals surface area contributed by atoms with E-state index in [4.69, 9.17) is 52.2 Å². The molecular formula is C50H46Cl2N2O6. The Morgan fingerprint density at radius 3 is 2.08 bits per heavy atom. The molecule has 1 aliphatic heterocycles. The third-order valence-electron chi connectivity index (χ3n) is 10.00. The van der Waals surface area contributed by atoms with Crippen LogP contribution < -0.4 is 19.5 Å². The average molecular weight is 842 g/mol. The molecule has 0 saturated carbocycles. The van der Waals surface area contributed by atoms with E-state index in [0.717, 1.165) is 22.3 Å². The molecule has 60 heavy (non-hydrogen) atoms. The zero-order valence-corrected chi connectivity index (χ0v) is 34.5. The minimum absolute atomic E-state index is 0.0425. The molecule has 8 nitrogen and oxygen atoms in total. The number of aliphatic hydroxyl groups is 1. The van der Waals surface area contributed by atoms with Gasteiger partial charge in [0, 0.05) is 47.2 Å². The fourth-order valence-corrected chi connectivity index (χ4v) is 7.34. The summed E-state index contributed by atoms with van der Waals surface area (Å²) in [5.74, 6) is 1.86. The van der Waals surface area contributed by atoms with Gasteiger partial charge in [-0.25, -0.2) is 4.99 Å². The van der Waals surface area contributed by atoms with E-state index in [1.165, 1.54) is 0 Å². The number of carbonyl (C=O) groups is 1. The number of benzene rings is 6. The molecule has 0 bridgehead atoms. The molecule has 10 heteroatoms. The van der Waals surface area contributed by atoms with Gasteiger partial charge in [-0.15, -0.1) is 0 Å². The summed E-state index contributed by atoms with van der Waals surface area (Å²) >= 11 is 13.2. The molecule has 6 aromatic carbocycles. The zero-order chi connectivity index (χ0) is 41.6. The molecule has 306 valence electrons. The Bertz CT molecular complexity index is 2380. The van der Waals surface area contributed by atoms with Crippen LogP contribution in [0.4, 0.5) is 0 Å². The van der Waals surface area contributed by atoms with Gasteiger partial charge in [0.25, 0.3) is 5.91 Å². The molecule has 0 aliphatic carbocycles. The second-order valence-electron chi connectivity index (χ2n) is 14.3. The summed E-state index contributed by atoms with van der Waals surface area (Å²) < 4.78 is 25.0. The Hall–Kier alpha value is -6.06. The van der Waals surface area contributed by atoms with Gasteiger partial charge < -0.3 is 29.4 Å². The highest BCUT2D eigenvalue weighted by atomic mass is 35.5. The van der Waals surface area contributed by atoms with E-state index >= 15 is 0 Å². The normalized spacial score (nSPS) is 15.9. The summed E-state index contributed by atoms with van der Waals surface area (Å²) in [5, 5.41) is 13.2. The average Bonchev–Trinajstić information content (AvgIpc) is 3.67. The fraction of sp³-hybridized carbons (Fsp3) is 0.200. The van der Waals surface area contributed by atoms with Crippen molar-refractivity contribution >= 4 is 41.1 Å². The monoisotopic (exact) mass is 840 g/mol. The summed E-state index contributed by atoms with van der Waals surface area (Å²) in [6.45, 7) is 1.49. The van der Waals surface area contributed by atoms with Crippen LogP contribution in [0.15, 0.2) is 163 Å². The Labute approximate surface area is 361 Å². The lowest BCUT2D eigenvalue weighted by Crippen LogP contribution is -2.48. The van der Waals surface area contributed by atoms with Gasteiger partial charge in [0.1, 0.15) is 19.0 Å². The number of hydrogen-bond acceptors (Lipinski definition) is 7. The molecule has 7 rings (SSSR count). The second-order valence-corrected chi connectivity index (χ2v) is 15.2. The summed E-state index contributed by atoms with van der Waals surface area (Å²) in [6.07, 6.45) is 4.26. The predicted octanol–water partition coefficient (Wildman–Crippen LogP) is 10.6. The van der Waals surface area contributed by atoms with Gasteiger partial charge in [0.15, 0.2) is 23.1 Å². The van der Waals surface area contributed by atoms with Crippen molar-refractivity contribution < 1.29 is 28.8 Å². The van der Waals surface area contributed by atoms with Crippen molar-refractivity contribution in [3.05, 3.63) is 201 Å². The van der Waals surface area contributed by atoms with Crippen molar-refractivity contribution in [2.75, 3.05) is 19.8 Å². The minimum Gasteiger partial charge on any atom is -0.494 e. The van der Waals surface area contributed by atoms with Gasteiger partial charge in [-0.3, -0.25) is 4.79 Å². The second kappa shape index (κ2) is 20.8.